The number of nitrogens with zero attached hydrogens (tertiary/aromatic N) is 1. The maximum absolute atomic E-state index is 5.48. The Hall–Kier alpha value is -0.0800. The van der Waals surface area contributed by atoms with Crippen molar-refractivity contribution in [2.75, 3.05) is 14.2 Å². The van der Waals surface area contributed by atoms with Gasteiger partial charge in [-0.3, -0.25) is 4.90 Å². The van der Waals surface area contributed by atoms with Crippen molar-refractivity contribution in [2.45, 2.75) is 65.1 Å². The van der Waals surface area contributed by atoms with Gasteiger partial charge in [0.15, 0.2) is 0 Å². The predicted molar refractivity (Wildman–Crippen MR) is 62.7 cm³/mol. The van der Waals surface area contributed by atoms with Crippen LogP contribution < -0.4 is 0 Å². The summed E-state index contributed by atoms with van der Waals surface area (Å²) in [6, 6.07) is 0. The lowest BCUT2D eigenvalue weighted by Crippen LogP contribution is -2.60. The van der Waals surface area contributed by atoms with Crippen LogP contribution in [0.2, 0.25) is 0 Å². The van der Waals surface area contributed by atoms with Crippen LogP contribution in [0.5, 0.6) is 0 Å². The highest BCUT2D eigenvalue weighted by atomic mass is 16.5. The zero-order chi connectivity index (χ0) is 10.3. The van der Waals surface area contributed by atoms with E-state index in [1.807, 2.05) is 7.11 Å². The van der Waals surface area contributed by atoms with E-state index in [2.05, 4.69) is 39.6 Å². The molecule has 0 radical (unpaired) electrons. The normalized spacial score (nSPS) is 27.0. The Kier molecular flexibility index (Phi) is 4.17. The van der Waals surface area contributed by atoms with Crippen molar-refractivity contribution in [1.29, 1.82) is 0 Å². The molecule has 0 aromatic rings. The molecule has 0 saturated carbocycles. The molecule has 2 nitrogen and oxygen atoms in total. The highest BCUT2D eigenvalue weighted by molar-refractivity contribution is 4.98. The van der Waals surface area contributed by atoms with Gasteiger partial charge in [-0.05, 0) is 47.6 Å². The van der Waals surface area contributed by atoms with Gasteiger partial charge in [-0.15, -0.1) is 0 Å². The molecule has 1 heterocycles. The molecule has 1 saturated heterocycles. The van der Waals surface area contributed by atoms with E-state index in [4.69, 9.17) is 4.74 Å². The molecule has 0 aliphatic carbocycles. The molecule has 0 amide bonds. The summed E-state index contributed by atoms with van der Waals surface area (Å²) >= 11 is 0. The first-order valence-electron chi connectivity index (χ1n) is 5.06. The summed E-state index contributed by atoms with van der Waals surface area (Å²) in [5, 5.41) is 0. The highest BCUT2D eigenvalue weighted by Gasteiger charge is 2.42. The molecule has 0 bridgehead atoms. The van der Waals surface area contributed by atoms with E-state index in [0.717, 1.165) is 12.8 Å². The maximum atomic E-state index is 5.48. The number of methoxy groups -OCH3 is 1. The number of piperidine rings is 1. The van der Waals surface area contributed by atoms with E-state index in [0.29, 0.717) is 6.10 Å². The molecule has 1 aliphatic rings. The molecule has 0 N–H and O–H groups in total. The van der Waals surface area contributed by atoms with Gasteiger partial charge in [0, 0.05) is 18.2 Å². The molecule has 0 spiro atoms. The molecular weight excluding hydrogens is 174 g/mol. The van der Waals surface area contributed by atoms with Gasteiger partial charge < -0.3 is 4.74 Å². The van der Waals surface area contributed by atoms with Gasteiger partial charge in [-0.1, -0.05) is 7.43 Å². The van der Waals surface area contributed by atoms with Crippen molar-refractivity contribution in [2.24, 2.45) is 0 Å². The van der Waals surface area contributed by atoms with Crippen molar-refractivity contribution < 1.29 is 4.74 Å². The molecule has 86 valence electrons. The minimum absolute atomic E-state index is 0. The highest BCUT2D eigenvalue weighted by Crippen LogP contribution is 2.37. The third-order valence-electron chi connectivity index (χ3n) is 3.60. The fourth-order valence-corrected chi connectivity index (χ4v) is 2.45. The number of likely N-dealkylation sites (tertiary alicyclic amines) is 1. The van der Waals surface area contributed by atoms with Crippen LogP contribution in [0.25, 0.3) is 0 Å². The van der Waals surface area contributed by atoms with Crippen LogP contribution in [-0.2, 0) is 4.74 Å². The minimum atomic E-state index is 0. The smallest absolute Gasteiger partial charge is 0.0606 e. The second-order valence-electron chi connectivity index (χ2n) is 5.45. The second-order valence-corrected chi connectivity index (χ2v) is 5.45. The van der Waals surface area contributed by atoms with Gasteiger partial charge in [0.05, 0.1) is 6.10 Å². The second kappa shape index (κ2) is 4.19. The molecular formula is C12H27NO. The number of hydrogen-bond acceptors (Lipinski definition) is 2. The van der Waals surface area contributed by atoms with Crippen molar-refractivity contribution >= 4 is 0 Å². The molecule has 1 fully saturated rings. The average Bonchev–Trinajstić information content (AvgIpc) is 1.99. The summed E-state index contributed by atoms with van der Waals surface area (Å²) in [4.78, 5) is 2.47. The van der Waals surface area contributed by atoms with Crippen LogP contribution in [0.3, 0.4) is 0 Å². The largest absolute Gasteiger partial charge is 0.381 e. The maximum Gasteiger partial charge on any atom is 0.0606 e. The van der Waals surface area contributed by atoms with E-state index in [-0.39, 0.29) is 18.5 Å². The summed E-state index contributed by atoms with van der Waals surface area (Å²) in [5.41, 5.74) is 0.505. The fraction of sp³-hybridized carbons (Fsp3) is 1.00. The third kappa shape index (κ3) is 2.48. The van der Waals surface area contributed by atoms with E-state index in [9.17, 15) is 0 Å². The van der Waals surface area contributed by atoms with Crippen LogP contribution in [-0.4, -0.2) is 36.2 Å². The van der Waals surface area contributed by atoms with E-state index in [1.54, 1.807) is 0 Å². The van der Waals surface area contributed by atoms with Gasteiger partial charge in [0.25, 0.3) is 0 Å². The fourth-order valence-electron chi connectivity index (χ4n) is 2.45. The number of ether oxygens (including phenoxy) is 1. The molecule has 1 rings (SSSR count). The molecule has 1 aliphatic heterocycles. The predicted octanol–water partition coefficient (Wildman–Crippen LogP) is 2.92. The zero-order valence-electron chi connectivity index (χ0n) is 9.85. The minimum Gasteiger partial charge on any atom is -0.381 e. The van der Waals surface area contributed by atoms with Gasteiger partial charge in [-0.25, -0.2) is 0 Å². The number of hydrogen-bond donors (Lipinski definition) is 0. The van der Waals surface area contributed by atoms with Crippen molar-refractivity contribution in [1.82, 2.24) is 4.90 Å². The number of rotatable bonds is 1. The Balaban J connectivity index is 0.00000169. The van der Waals surface area contributed by atoms with Crippen molar-refractivity contribution in [3.63, 3.8) is 0 Å². The lowest BCUT2D eigenvalue weighted by molar-refractivity contribution is -0.0783. The topological polar surface area (TPSA) is 12.5 Å². The zero-order valence-corrected chi connectivity index (χ0v) is 9.85. The monoisotopic (exact) mass is 201 g/mol. The first-order chi connectivity index (χ1) is 5.79. The SMILES string of the molecule is C.COC1CC(C)(C)N(C)C(C)(C)C1. The van der Waals surface area contributed by atoms with Gasteiger partial charge in [-0.2, -0.15) is 0 Å². The Morgan fingerprint density at radius 2 is 1.43 bits per heavy atom. The summed E-state index contributed by atoms with van der Waals surface area (Å²) in [5.74, 6) is 0. The molecule has 0 aromatic heterocycles. The van der Waals surface area contributed by atoms with Crippen LogP contribution in [0.4, 0.5) is 0 Å². The summed E-state index contributed by atoms with van der Waals surface area (Å²) in [6.45, 7) is 9.17. The van der Waals surface area contributed by atoms with Gasteiger partial charge in [0.1, 0.15) is 0 Å². The Morgan fingerprint density at radius 1 is 1.07 bits per heavy atom. The Morgan fingerprint density at radius 3 is 1.71 bits per heavy atom. The van der Waals surface area contributed by atoms with Gasteiger partial charge in [0.2, 0.25) is 0 Å². The molecule has 0 aromatic carbocycles. The standard InChI is InChI=1S/C11H23NO.CH4/c1-10(2)7-9(13-6)8-11(3,4)12(10)5;/h9H,7-8H2,1-6H3;1H4. The van der Waals surface area contributed by atoms with Crippen molar-refractivity contribution in [3.8, 4) is 0 Å². The van der Waals surface area contributed by atoms with E-state index in [1.165, 1.54) is 0 Å². The third-order valence-corrected chi connectivity index (χ3v) is 3.60. The lowest BCUT2D eigenvalue weighted by Gasteiger charge is -2.53. The first kappa shape index (κ1) is 13.9. The first-order valence-corrected chi connectivity index (χ1v) is 5.06. The molecule has 2 heteroatoms. The molecule has 0 atom stereocenters. The van der Waals surface area contributed by atoms with Crippen LogP contribution in [0.15, 0.2) is 0 Å². The Labute approximate surface area is 89.6 Å². The lowest BCUT2D eigenvalue weighted by atomic mass is 9.79. The van der Waals surface area contributed by atoms with Crippen LogP contribution in [0.1, 0.15) is 48.0 Å². The quantitative estimate of drug-likeness (QED) is 0.647. The molecule has 0 unspecified atom stereocenters. The van der Waals surface area contributed by atoms with Crippen LogP contribution in [0, 0.1) is 0 Å². The average molecular weight is 201 g/mol. The van der Waals surface area contributed by atoms with E-state index >= 15 is 0 Å². The summed E-state index contributed by atoms with van der Waals surface area (Å²) in [7, 11) is 4.04. The molecule has 14 heavy (non-hydrogen) atoms. The Bertz CT molecular complexity index is 169. The summed E-state index contributed by atoms with van der Waals surface area (Å²) < 4.78 is 5.48. The summed E-state index contributed by atoms with van der Waals surface area (Å²) in [6.07, 6.45) is 2.67. The van der Waals surface area contributed by atoms with Crippen LogP contribution >= 0.6 is 0 Å². The van der Waals surface area contributed by atoms with E-state index < -0.39 is 0 Å². The van der Waals surface area contributed by atoms with Crippen molar-refractivity contribution in [3.05, 3.63) is 0 Å². The van der Waals surface area contributed by atoms with Gasteiger partial charge >= 0.3 is 0 Å².